The minimum Gasteiger partial charge on any atom is -0.350 e. The van der Waals surface area contributed by atoms with Gasteiger partial charge in [-0.15, -0.1) is 0 Å². The first-order chi connectivity index (χ1) is 21.5. The molecule has 216 valence electrons. The van der Waals surface area contributed by atoms with E-state index in [-0.39, 0.29) is 12.8 Å². The minimum absolute atomic E-state index is 0.216. The van der Waals surface area contributed by atoms with Gasteiger partial charge in [0.15, 0.2) is 0 Å². The van der Waals surface area contributed by atoms with Gasteiger partial charge in [0.1, 0.15) is 0 Å². The van der Waals surface area contributed by atoms with Crippen LogP contribution in [0.5, 0.6) is 0 Å². The lowest BCUT2D eigenvalue weighted by Crippen LogP contribution is -2.27. The van der Waals surface area contributed by atoms with E-state index >= 15 is 0 Å². The monoisotopic (exact) mass is 580 g/mol. The fraction of sp³-hybridized carbons (Fsp3) is 0.0588. The Hall–Kier alpha value is -6.16. The molecule has 0 spiro atoms. The molecule has 6 rings (SSSR count). The first-order valence-electron chi connectivity index (χ1n) is 13.9. The van der Waals surface area contributed by atoms with Gasteiger partial charge >= 0.3 is 12.1 Å². The van der Waals surface area contributed by atoms with Crippen LogP contribution in [-0.2, 0) is 12.8 Å². The maximum atomic E-state index is 11.7. The number of carbonyl (C=O) groups is 2. The maximum Gasteiger partial charge on any atom is 0.332 e. The Labute approximate surface area is 252 Å². The standard InChI is InChI=1S/C34H28N8O2/c35-33(43)41-39-29(25-15-7-11-21-9-1-3-13-23(21)25)19-31-32(38-28-18-6-5-17-27(28)37-31)20-30(40-42-34(36)44)26-16-8-12-22-10-2-4-14-24(22)26/h1-18H,19-20H2,(H3,35,41,43)(H3,36,42,44). The Morgan fingerprint density at radius 3 is 1.36 bits per heavy atom. The van der Waals surface area contributed by atoms with Crippen molar-refractivity contribution < 1.29 is 9.59 Å². The smallest absolute Gasteiger partial charge is 0.332 e. The largest absolute Gasteiger partial charge is 0.350 e. The van der Waals surface area contributed by atoms with Crippen LogP contribution in [0.25, 0.3) is 32.6 Å². The number of nitrogens with one attached hydrogen (secondary N) is 2. The molecule has 5 aromatic carbocycles. The lowest BCUT2D eigenvalue weighted by molar-refractivity contribution is 0.248. The van der Waals surface area contributed by atoms with Crippen LogP contribution in [0.3, 0.4) is 0 Å². The SMILES string of the molecule is NC(=O)NN=C(Cc1nc2ccccc2nc1CC(=NNC(N)=O)c1cccc2ccccc12)c1cccc2ccccc12. The first-order valence-corrected chi connectivity index (χ1v) is 13.9. The molecule has 0 unspecified atom stereocenters. The molecule has 0 aliphatic rings. The van der Waals surface area contributed by atoms with Gasteiger partial charge in [-0.25, -0.2) is 30.4 Å². The highest BCUT2D eigenvalue weighted by atomic mass is 16.2. The van der Waals surface area contributed by atoms with Crippen molar-refractivity contribution >= 4 is 56.1 Å². The summed E-state index contributed by atoms with van der Waals surface area (Å²) in [4.78, 5) is 33.5. The van der Waals surface area contributed by atoms with Gasteiger partial charge in [-0.2, -0.15) is 10.2 Å². The van der Waals surface area contributed by atoms with E-state index in [0.717, 1.165) is 32.7 Å². The predicted molar refractivity (Wildman–Crippen MR) is 173 cm³/mol. The number of nitrogens with two attached hydrogens (primary N) is 2. The van der Waals surface area contributed by atoms with Gasteiger partial charge in [-0.3, -0.25) is 0 Å². The third-order valence-corrected chi connectivity index (χ3v) is 7.20. The van der Waals surface area contributed by atoms with Gasteiger partial charge in [0.05, 0.1) is 33.8 Å². The van der Waals surface area contributed by atoms with E-state index in [1.165, 1.54) is 0 Å². The van der Waals surface area contributed by atoms with Crippen molar-refractivity contribution in [2.45, 2.75) is 12.8 Å². The maximum absolute atomic E-state index is 11.7. The van der Waals surface area contributed by atoms with E-state index in [2.05, 4.69) is 21.1 Å². The summed E-state index contributed by atoms with van der Waals surface area (Å²) in [7, 11) is 0. The van der Waals surface area contributed by atoms with Crippen molar-refractivity contribution in [3.05, 3.63) is 132 Å². The van der Waals surface area contributed by atoms with E-state index < -0.39 is 12.1 Å². The molecule has 0 atom stereocenters. The summed E-state index contributed by atoms with van der Waals surface area (Å²) in [5, 5.41) is 12.8. The Bertz CT molecular complexity index is 1940. The fourth-order valence-corrected chi connectivity index (χ4v) is 5.26. The van der Waals surface area contributed by atoms with Crippen LogP contribution in [0.1, 0.15) is 22.5 Å². The van der Waals surface area contributed by atoms with Crippen LogP contribution < -0.4 is 22.3 Å². The lowest BCUT2D eigenvalue weighted by atomic mass is 9.95. The summed E-state index contributed by atoms with van der Waals surface area (Å²) in [6.07, 6.45) is 0.432. The average Bonchev–Trinajstić information content (AvgIpc) is 3.04. The molecule has 1 heterocycles. The molecule has 6 aromatic rings. The number of fused-ring (bicyclic) bond motifs is 3. The zero-order chi connectivity index (χ0) is 30.5. The number of hydrogen-bond acceptors (Lipinski definition) is 6. The van der Waals surface area contributed by atoms with E-state index in [9.17, 15) is 9.59 Å². The van der Waals surface area contributed by atoms with Crippen LogP contribution in [0.15, 0.2) is 119 Å². The zero-order valence-corrected chi connectivity index (χ0v) is 23.6. The fourth-order valence-electron chi connectivity index (χ4n) is 5.26. The highest BCUT2D eigenvalue weighted by molar-refractivity contribution is 6.13. The zero-order valence-electron chi connectivity index (χ0n) is 23.6. The van der Waals surface area contributed by atoms with Crippen molar-refractivity contribution in [2.75, 3.05) is 0 Å². The van der Waals surface area contributed by atoms with Crippen LogP contribution in [0.2, 0.25) is 0 Å². The summed E-state index contributed by atoms with van der Waals surface area (Å²) in [5.41, 5.74) is 21.0. The van der Waals surface area contributed by atoms with Gasteiger partial charge in [-0.05, 0) is 33.7 Å². The van der Waals surface area contributed by atoms with Crippen molar-refractivity contribution in [3.63, 3.8) is 0 Å². The average molecular weight is 581 g/mol. The number of aromatic nitrogens is 2. The summed E-state index contributed by atoms with van der Waals surface area (Å²) < 4.78 is 0. The second-order valence-electron chi connectivity index (χ2n) is 10.1. The second-order valence-corrected chi connectivity index (χ2v) is 10.1. The van der Waals surface area contributed by atoms with Crippen LogP contribution in [0, 0.1) is 0 Å². The molecule has 0 aliphatic heterocycles. The Balaban J connectivity index is 1.50. The van der Waals surface area contributed by atoms with Crippen molar-refractivity contribution in [3.8, 4) is 0 Å². The third-order valence-electron chi connectivity index (χ3n) is 7.20. The van der Waals surface area contributed by atoms with Gasteiger partial charge < -0.3 is 11.5 Å². The van der Waals surface area contributed by atoms with Gasteiger partial charge in [0, 0.05) is 24.0 Å². The number of nitrogens with zero attached hydrogens (tertiary/aromatic N) is 4. The van der Waals surface area contributed by atoms with Crippen molar-refractivity contribution in [2.24, 2.45) is 21.7 Å². The molecule has 10 heteroatoms. The summed E-state index contributed by atoms with van der Waals surface area (Å²) in [6.45, 7) is 0. The number of hydrazone groups is 2. The lowest BCUT2D eigenvalue weighted by Gasteiger charge is -2.15. The number of benzene rings is 5. The number of urea groups is 2. The number of amides is 4. The molecule has 0 saturated heterocycles. The first kappa shape index (κ1) is 28.0. The van der Waals surface area contributed by atoms with E-state index in [0.29, 0.717) is 33.8 Å². The highest BCUT2D eigenvalue weighted by Gasteiger charge is 2.19. The van der Waals surface area contributed by atoms with Crippen molar-refractivity contribution in [1.29, 1.82) is 0 Å². The van der Waals surface area contributed by atoms with Gasteiger partial charge in [0.25, 0.3) is 0 Å². The molecule has 0 radical (unpaired) electrons. The Morgan fingerprint density at radius 1 is 0.545 bits per heavy atom. The number of hydrogen-bond donors (Lipinski definition) is 4. The molecule has 0 saturated carbocycles. The van der Waals surface area contributed by atoms with E-state index in [1.807, 2.05) is 109 Å². The van der Waals surface area contributed by atoms with Crippen LogP contribution in [-0.4, -0.2) is 33.5 Å². The van der Waals surface area contributed by atoms with E-state index in [4.69, 9.17) is 21.4 Å². The normalized spacial score (nSPS) is 12.0. The number of para-hydroxylation sites is 2. The third kappa shape index (κ3) is 6.04. The molecule has 1 aromatic heterocycles. The predicted octanol–water partition coefficient (Wildman–Crippen LogP) is 5.17. The summed E-state index contributed by atoms with van der Waals surface area (Å²) >= 11 is 0. The van der Waals surface area contributed by atoms with E-state index in [1.54, 1.807) is 0 Å². The molecule has 0 fully saturated rings. The molecule has 0 bridgehead atoms. The molecule has 44 heavy (non-hydrogen) atoms. The highest BCUT2D eigenvalue weighted by Crippen LogP contribution is 2.25. The topological polar surface area (TPSA) is 161 Å². The Morgan fingerprint density at radius 2 is 0.932 bits per heavy atom. The summed E-state index contributed by atoms with van der Waals surface area (Å²) in [6, 6.07) is 33.6. The quantitative estimate of drug-likeness (QED) is 0.144. The summed E-state index contributed by atoms with van der Waals surface area (Å²) in [5.74, 6) is 0. The van der Waals surface area contributed by atoms with Crippen molar-refractivity contribution in [1.82, 2.24) is 20.8 Å². The molecule has 0 aliphatic carbocycles. The molecular weight excluding hydrogens is 552 g/mol. The molecular formula is C34H28N8O2. The number of rotatable bonds is 8. The van der Waals surface area contributed by atoms with Crippen LogP contribution >= 0.6 is 0 Å². The minimum atomic E-state index is -0.782. The molecule has 6 N–H and O–H groups in total. The Kier molecular flexibility index (Phi) is 7.87. The number of carbonyl (C=O) groups excluding carboxylic acids is 2. The molecule has 4 amide bonds. The van der Waals surface area contributed by atoms with Crippen LogP contribution in [0.4, 0.5) is 9.59 Å². The molecule has 10 nitrogen and oxygen atoms in total. The number of primary amides is 2. The second kappa shape index (κ2) is 12.4. The van der Waals surface area contributed by atoms with Gasteiger partial charge in [-0.1, -0.05) is 97.1 Å². The van der Waals surface area contributed by atoms with Gasteiger partial charge in [0.2, 0.25) is 0 Å².